The van der Waals surface area contributed by atoms with E-state index >= 15 is 0 Å². The molecule has 0 heterocycles. The van der Waals surface area contributed by atoms with Crippen molar-refractivity contribution in [1.29, 1.82) is 0 Å². The molecule has 1 aliphatic rings. The zero-order valence-corrected chi connectivity index (χ0v) is 17.5. The molecule has 0 radical (unpaired) electrons. The van der Waals surface area contributed by atoms with Crippen molar-refractivity contribution in [1.82, 2.24) is 0 Å². The first-order valence-electron chi connectivity index (χ1n) is 10.6. The van der Waals surface area contributed by atoms with Gasteiger partial charge in [0, 0.05) is 5.02 Å². The second-order valence-corrected chi connectivity index (χ2v) is 8.81. The van der Waals surface area contributed by atoms with Gasteiger partial charge in [-0.2, -0.15) is 0 Å². The van der Waals surface area contributed by atoms with Crippen molar-refractivity contribution in [2.24, 2.45) is 5.92 Å². The van der Waals surface area contributed by atoms with E-state index in [1.807, 2.05) is 12.1 Å². The van der Waals surface area contributed by atoms with Crippen LogP contribution in [0, 0.1) is 12.8 Å². The average molecular weight is 389 g/mol. The maximum Gasteiger partial charge on any atom is 0.0406 e. The van der Waals surface area contributed by atoms with E-state index in [2.05, 4.69) is 67.6 Å². The molecule has 1 fully saturated rings. The maximum absolute atomic E-state index is 5.99. The lowest BCUT2D eigenvalue weighted by atomic mass is 9.77. The van der Waals surface area contributed by atoms with E-state index in [1.165, 1.54) is 60.8 Å². The van der Waals surface area contributed by atoms with Gasteiger partial charge in [-0.1, -0.05) is 77.8 Å². The molecule has 0 aliphatic heterocycles. The zero-order chi connectivity index (χ0) is 19.3. The molecule has 0 unspecified atom stereocenters. The molecule has 0 bridgehead atoms. The van der Waals surface area contributed by atoms with E-state index < -0.39 is 0 Å². The number of halogens is 1. The number of benzene rings is 3. The summed E-state index contributed by atoms with van der Waals surface area (Å²) in [5, 5.41) is 0.789. The van der Waals surface area contributed by atoms with Crippen molar-refractivity contribution < 1.29 is 0 Å². The summed E-state index contributed by atoms with van der Waals surface area (Å²) < 4.78 is 0. The van der Waals surface area contributed by atoms with E-state index in [4.69, 9.17) is 11.6 Å². The summed E-state index contributed by atoms with van der Waals surface area (Å²) in [6, 6.07) is 26.3. The summed E-state index contributed by atoms with van der Waals surface area (Å²) in [6.07, 6.45) is 7.97. The molecule has 144 valence electrons. The highest BCUT2D eigenvalue weighted by Gasteiger charge is 2.22. The predicted molar refractivity (Wildman–Crippen MR) is 121 cm³/mol. The monoisotopic (exact) mass is 388 g/mol. The first kappa shape index (κ1) is 19.3. The van der Waals surface area contributed by atoms with E-state index in [0.717, 1.165) is 16.9 Å². The molecule has 0 spiro atoms. The van der Waals surface area contributed by atoms with Crippen LogP contribution in [0.5, 0.6) is 0 Å². The Morgan fingerprint density at radius 2 is 1.29 bits per heavy atom. The molecule has 3 aromatic rings. The van der Waals surface area contributed by atoms with E-state index in [-0.39, 0.29) is 0 Å². The van der Waals surface area contributed by atoms with Crippen LogP contribution in [-0.2, 0) is 6.42 Å². The van der Waals surface area contributed by atoms with Crippen molar-refractivity contribution >= 4 is 11.6 Å². The quantitative estimate of drug-likeness (QED) is 0.413. The van der Waals surface area contributed by atoms with Gasteiger partial charge in [0.15, 0.2) is 0 Å². The van der Waals surface area contributed by atoms with Crippen molar-refractivity contribution in [3.63, 3.8) is 0 Å². The number of hydrogen-bond acceptors (Lipinski definition) is 0. The molecule has 1 aliphatic carbocycles. The van der Waals surface area contributed by atoms with Crippen LogP contribution in [0.1, 0.15) is 54.7 Å². The standard InChI is InChI=1S/C27H29Cl/c1-20-2-10-23(11-3-20)24-12-6-21(7-13-24)4-5-22-8-14-25(15-9-22)26-16-18-27(28)19-17-26/h2-3,8-11,14-19,21,24H,4-7,12-13H2,1H3/t21-,24-. The number of hydrogen-bond donors (Lipinski definition) is 0. The fourth-order valence-corrected chi connectivity index (χ4v) is 4.63. The predicted octanol–water partition coefficient (Wildman–Crippen LogP) is 8.22. The fourth-order valence-electron chi connectivity index (χ4n) is 4.50. The third-order valence-corrected chi connectivity index (χ3v) is 6.62. The van der Waals surface area contributed by atoms with Gasteiger partial charge in [0.1, 0.15) is 0 Å². The normalized spacial score (nSPS) is 19.5. The van der Waals surface area contributed by atoms with Gasteiger partial charge >= 0.3 is 0 Å². The Morgan fingerprint density at radius 3 is 1.89 bits per heavy atom. The van der Waals surface area contributed by atoms with Crippen LogP contribution >= 0.6 is 11.6 Å². The first-order valence-corrected chi connectivity index (χ1v) is 11.0. The third kappa shape index (κ3) is 4.86. The van der Waals surface area contributed by atoms with Gasteiger partial charge in [-0.15, -0.1) is 0 Å². The Balaban J connectivity index is 1.27. The van der Waals surface area contributed by atoms with Crippen LogP contribution in [0.25, 0.3) is 11.1 Å². The van der Waals surface area contributed by atoms with Gasteiger partial charge in [0.05, 0.1) is 0 Å². The minimum atomic E-state index is 0.774. The Kier molecular flexibility index (Phi) is 6.17. The smallest absolute Gasteiger partial charge is 0.0406 e. The first-order chi connectivity index (χ1) is 13.7. The highest BCUT2D eigenvalue weighted by atomic mass is 35.5. The van der Waals surface area contributed by atoms with E-state index in [0.29, 0.717) is 0 Å². The van der Waals surface area contributed by atoms with Gasteiger partial charge in [0.25, 0.3) is 0 Å². The molecule has 1 heteroatoms. The highest BCUT2D eigenvalue weighted by molar-refractivity contribution is 6.30. The second kappa shape index (κ2) is 8.97. The largest absolute Gasteiger partial charge is 0.0843 e. The van der Waals surface area contributed by atoms with Crippen LogP contribution in [0.4, 0.5) is 0 Å². The Labute approximate surface area is 174 Å². The fraction of sp³-hybridized carbons (Fsp3) is 0.333. The van der Waals surface area contributed by atoms with Gasteiger partial charge < -0.3 is 0 Å². The highest BCUT2D eigenvalue weighted by Crippen LogP contribution is 2.37. The Hall–Kier alpha value is -2.05. The molecule has 0 amide bonds. The van der Waals surface area contributed by atoms with Crippen molar-refractivity contribution in [2.75, 3.05) is 0 Å². The molecule has 0 N–H and O–H groups in total. The third-order valence-electron chi connectivity index (χ3n) is 6.37. The molecule has 4 rings (SSSR count). The molecule has 3 aromatic carbocycles. The van der Waals surface area contributed by atoms with Crippen LogP contribution in [0.3, 0.4) is 0 Å². The summed E-state index contributed by atoms with van der Waals surface area (Å²) >= 11 is 5.99. The lowest BCUT2D eigenvalue weighted by Crippen LogP contribution is -2.14. The van der Waals surface area contributed by atoms with Crippen molar-refractivity contribution in [3.05, 3.63) is 94.5 Å². The van der Waals surface area contributed by atoms with Gasteiger partial charge in [-0.3, -0.25) is 0 Å². The van der Waals surface area contributed by atoms with Crippen molar-refractivity contribution in [2.45, 2.75) is 51.4 Å². The molecule has 1 saturated carbocycles. The van der Waals surface area contributed by atoms with E-state index in [1.54, 1.807) is 5.56 Å². The topological polar surface area (TPSA) is 0 Å². The summed E-state index contributed by atoms with van der Waals surface area (Å²) in [6.45, 7) is 2.17. The molecular weight excluding hydrogens is 360 g/mol. The van der Waals surface area contributed by atoms with Gasteiger partial charge in [-0.25, -0.2) is 0 Å². The minimum absolute atomic E-state index is 0.774. The van der Waals surface area contributed by atoms with Crippen LogP contribution in [-0.4, -0.2) is 0 Å². The minimum Gasteiger partial charge on any atom is -0.0843 e. The summed E-state index contributed by atoms with van der Waals surface area (Å²) in [5.41, 5.74) is 6.85. The molecule has 0 aromatic heterocycles. The number of rotatable bonds is 5. The van der Waals surface area contributed by atoms with Crippen molar-refractivity contribution in [3.8, 4) is 11.1 Å². The van der Waals surface area contributed by atoms with Gasteiger partial charge in [-0.05, 0) is 91.7 Å². The van der Waals surface area contributed by atoms with E-state index in [9.17, 15) is 0 Å². The number of aryl methyl sites for hydroxylation is 2. The SMILES string of the molecule is Cc1ccc([C@H]2CC[C@H](CCc3ccc(-c4ccc(Cl)cc4)cc3)CC2)cc1. The van der Waals surface area contributed by atoms with Crippen LogP contribution in [0.2, 0.25) is 5.02 Å². The second-order valence-electron chi connectivity index (χ2n) is 8.37. The lowest BCUT2D eigenvalue weighted by molar-refractivity contribution is 0.310. The summed E-state index contributed by atoms with van der Waals surface area (Å²) in [4.78, 5) is 0. The molecular formula is C27H29Cl. The summed E-state index contributed by atoms with van der Waals surface area (Å²) in [7, 11) is 0. The Morgan fingerprint density at radius 1 is 0.714 bits per heavy atom. The average Bonchev–Trinajstić information content (AvgIpc) is 2.74. The van der Waals surface area contributed by atoms with Crippen LogP contribution < -0.4 is 0 Å². The lowest BCUT2D eigenvalue weighted by Gasteiger charge is -2.29. The van der Waals surface area contributed by atoms with Crippen LogP contribution in [0.15, 0.2) is 72.8 Å². The molecule has 0 nitrogen and oxygen atoms in total. The molecule has 0 atom stereocenters. The molecule has 28 heavy (non-hydrogen) atoms. The molecule has 0 saturated heterocycles. The zero-order valence-electron chi connectivity index (χ0n) is 16.7. The van der Waals surface area contributed by atoms with Gasteiger partial charge in [0.2, 0.25) is 0 Å². The Bertz CT molecular complexity index is 867. The maximum atomic E-state index is 5.99. The summed E-state index contributed by atoms with van der Waals surface area (Å²) in [5.74, 6) is 1.66.